The molecule has 0 saturated carbocycles. The molecule has 4 heteroatoms. The van der Waals surface area contributed by atoms with Gasteiger partial charge in [-0.25, -0.2) is 0 Å². The van der Waals surface area contributed by atoms with Gasteiger partial charge in [-0.05, 0) is 29.8 Å². The number of pyridine rings is 1. The Morgan fingerprint density at radius 3 is 2.72 bits per heavy atom. The summed E-state index contributed by atoms with van der Waals surface area (Å²) in [5, 5.41) is 0.409. The van der Waals surface area contributed by atoms with Crippen molar-refractivity contribution in [2.75, 3.05) is 6.61 Å². The fourth-order valence-electron chi connectivity index (χ4n) is 1.59. The minimum atomic E-state index is 0.397. The van der Waals surface area contributed by atoms with Gasteiger partial charge in [0.05, 0.1) is 17.2 Å². The van der Waals surface area contributed by atoms with Crippen LogP contribution >= 0.6 is 11.6 Å². The molecule has 0 aliphatic heterocycles. The third kappa shape index (κ3) is 3.08. The van der Waals surface area contributed by atoms with Gasteiger partial charge in [0.1, 0.15) is 5.75 Å². The second-order valence-electron chi connectivity index (χ2n) is 3.72. The lowest BCUT2D eigenvalue weighted by Crippen LogP contribution is -2.03. The maximum atomic E-state index is 10.9. The molecular weight excluding hydrogens is 250 g/mol. The predicted octanol–water partition coefficient (Wildman–Crippen LogP) is 3.17. The van der Waals surface area contributed by atoms with Crippen LogP contribution in [0, 0.1) is 0 Å². The third-order valence-corrected chi connectivity index (χ3v) is 2.86. The summed E-state index contributed by atoms with van der Waals surface area (Å²) in [5.41, 5.74) is 1.54. The van der Waals surface area contributed by atoms with E-state index in [0.29, 0.717) is 29.2 Å². The van der Waals surface area contributed by atoms with Crippen molar-refractivity contribution >= 4 is 17.9 Å². The largest absolute Gasteiger partial charge is 0.492 e. The minimum absolute atomic E-state index is 0.397. The average Bonchev–Trinajstić information content (AvgIpc) is 2.40. The molecule has 3 nitrogen and oxygen atoms in total. The highest BCUT2D eigenvalue weighted by atomic mass is 35.5. The highest BCUT2D eigenvalue weighted by Crippen LogP contribution is 2.24. The van der Waals surface area contributed by atoms with Gasteiger partial charge in [0.25, 0.3) is 0 Å². The number of halogens is 1. The zero-order chi connectivity index (χ0) is 12.8. The van der Waals surface area contributed by atoms with Crippen LogP contribution < -0.4 is 4.74 Å². The van der Waals surface area contributed by atoms with Gasteiger partial charge in [-0.2, -0.15) is 0 Å². The van der Waals surface area contributed by atoms with Gasteiger partial charge < -0.3 is 4.74 Å². The van der Waals surface area contributed by atoms with Crippen LogP contribution in [0.2, 0.25) is 5.02 Å². The van der Waals surface area contributed by atoms with Crippen molar-refractivity contribution in [2.45, 2.75) is 6.42 Å². The first-order chi connectivity index (χ1) is 8.81. The summed E-state index contributed by atoms with van der Waals surface area (Å²) in [4.78, 5) is 14.9. The van der Waals surface area contributed by atoms with E-state index in [4.69, 9.17) is 16.3 Å². The molecule has 2 aromatic rings. The molecule has 92 valence electrons. The monoisotopic (exact) mass is 261 g/mol. The van der Waals surface area contributed by atoms with Gasteiger partial charge in [-0.3, -0.25) is 9.78 Å². The Hall–Kier alpha value is -1.87. The molecule has 0 N–H and O–H groups in total. The number of carbonyl (C=O) groups excluding carboxylic acids is 1. The van der Waals surface area contributed by atoms with E-state index in [1.165, 1.54) is 0 Å². The SMILES string of the molecule is O=Cc1c(Cl)cccc1OCCc1ccncc1. The number of carbonyl (C=O) groups is 1. The normalized spacial score (nSPS) is 10.1. The molecule has 0 bridgehead atoms. The van der Waals surface area contributed by atoms with E-state index in [2.05, 4.69) is 4.98 Å². The fourth-order valence-corrected chi connectivity index (χ4v) is 1.80. The highest BCUT2D eigenvalue weighted by molar-refractivity contribution is 6.33. The lowest BCUT2D eigenvalue weighted by Gasteiger charge is -2.09. The van der Waals surface area contributed by atoms with Crippen molar-refractivity contribution in [3.63, 3.8) is 0 Å². The second-order valence-corrected chi connectivity index (χ2v) is 4.13. The Morgan fingerprint density at radius 2 is 2.00 bits per heavy atom. The lowest BCUT2D eigenvalue weighted by molar-refractivity contribution is 0.112. The smallest absolute Gasteiger partial charge is 0.155 e. The Labute approximate surface area is 110 Å². The summed E-state index contributed by atoms with van der Waals surface area (Å²) in [6, 6.07) is 9.03. The molecule has 0 unspecified atom stereocenters. The van der Waals surface area contributed by atoms with Crippen LogP contribution in [0.1, 0.15) is 15.9 Å². The van der Waals surface area contributed by atoms with E-state index in [1.54, 1.807) is 30.6 Å². The molecule has 1 heterocycles. The molecule has 18 heavy (non-hydrogen) atoms. The van der Waals surface area contributed by atoms with Crippen LogP contribution in [-0.4, -0.2) is 17.9 Å². The fraction of sp³-hybridized carbons (Fsp3) is 0.143. The zero-order valence-electron chi connectivity index (χ0n) is 9.67. The molecule has 0 amide bonds. The number of aldehydes is 1. The van der Waals surface area contributed by atoms with E-state index in [0.717, 1.165) is 12.0 Å². The van der Waals surface area contributed by atoms with Gasteiger partial charge in [-0.15, -0.1) is 0 Å². The van der Waals surface area contributed by atoms with Crippen LogP contribution in [0.4, 0.5) is 0 Å². The van der Waals surface area contributed by atoms with E-state index in [1.807, 2.05) is 12.1 Å². The van der Waals surface area contributed by atoms with Gasteiger partial charge in [0.15, 0.2) is 6.29 Å². The summed E-state index contributed by atoms with van der Waals surface area (Å²) < 4.78 is 5.58. The van der Waals surface area contributed by atoms with Crippen molar-refractivity contribution < 1.29 is 9.53 Å². The molecule has 0 aliphatic carbocycles. The van der Waals surface area contributed by atoms with Crippen LogP contribution in [0.15, 0.2) is 42.7 Å². The van der Waals surface area contributed by atoms with Crippen molar-refractivity contribution in [2.24, 2.45) is 0 Å². The maximum absolute atomic E-state index is 10.9. The van der Waals surface area contributed by atoms with Crippen LogP contribution in [0.3, 0.4) is 0 Å². The Bertz CT molecular complexity index is 529. The minimum Gasteiger partial charge on any atom is -0.492 e. The first-order valence-corrected chi connectivity index (χ1v) is 5.94. The predicted molar refractivity (Wildman–Crippen MR) is 70.3 cm³/mol. The van der Waals surface area contributed by atoms with Gasteiger partial charge in [-0.1, -0.05) is 17.7 Å². The van der Waals surface area contributed by atoms with Gasteiger partial charge >= 0.3 is 0 Å². The van der Waals surface area contributed by atoms with Crippen molar-refractivity contribution in [1.29, 1.82) is 0 Å². The molecular formula is C14H12ClNO2. The highest BCUT2D eigenvalue weighted by Gasteiger charge is 2.06. The quantitative estimate of drug-likeness (QED) is 0.776. The number of nitrogens with zero attached hydrogens (tertiary/aromatic N) is 1. The van der Waals surface area contributed by atoms with E-state index in [-0.39, 0.29) is 0 Å². The molecule has 0 aliphatic rings. The number of hydrogen-bond donors (Lipinski definition) is 0. The van der Waals surface area contributed by atoms with Crippen LogP contribution in [0.5, 0.6) is 5.75 Å². The molecule has 0 spiro atoms. The van der Waals surface area contributed by atoms with E-state index >= 15 is 0 Å². The van der Waals surface area contributed by atoms with Gasteiger partial charge in [0, 0.05) is 18.8 Å². The molecule has 0 fully saturated rings. The van der Waals surface area contributed by atoms with Crippen molar-refractivity contribution in [3.05, 3.63) is 58.9 Å². The molecule has 2 rings (SSSR count). The van der Waals surface area contributed by atoms with Crippen LogP contribution in [-0.2, 0) is 6.42 Å². The summed E-state index contributed by atoms with van der Waals surface area (Å²) >= 11 is 5.91. The Morgan fingerprint density at radius 1 is 1.22 bits per heavy atom. The zero-order valence-corrected chi connectivity index (χ0v) is 10.4. The van der Waals surface area contributed by atoms with Crippen LogP contribution in [0.25, 0.3) is 0 Å². The standard InChI is InChI=1S/C14H12ClNO2/c15-13-2-1-3-14(12(13)10-17)18-9-6-11-4-7-16-8-5-11/h1-5,7-8,10H,6,9H2. The summed E-state index contributed by atoms with van der Waals surface area (Å²) in [5.74, 6) is 0.520. The van der Waals surface area contributed by atoms with E-state index in [9.17, 15) is 4.79 Å². The molecule has 1 aromatic carbocycles. The van der Waals surface area contributed by atoms with Gasteiger partial charge in [0.2, 0.25) is 0 Å². The molecule has 0 radical (unpaired) electrons. The molecule has 1 aromatic heterocycles. The third-order valence-electron chi connectivity index (χ3n) is 2.53. The number of hydrogen-bond acceptors (Lipinski definition) is 3. The Balaban J connectivity index is 1.99. The molecule has 0 saturated heterocycles. The summed E-state index contributed by atoms with van der Waals surface area (Å²) in [6.07, 6.45) is 4.95. The lowest BCUT2D eigenvalue weighted by atomic mass is 10.2. The topological polar surface area (TPSA) is 39.2 Å². The Kier molecular flexibility index (Phi) is 4.31. The summed E-state index contributed by atoms with van der Waals surface area (Å²) in [6.45, 7) is 0.491. The number of benzene rings is 1. The summed E-state index contributed by atoms with van der Waals surface area (Å²) in [7, 11) is 0. The first-order valence-electron chi connectivity index (χ1n) is 5.56. The molecule has 0 atom stereocenters. The number of rotatable bonds is 5. The first kappa shape index (κ1) is 12.6. The maximum Gasteiger partial charge on any atom is 0.155 e. The van der Waals surface area contributed by atoms with Crippen molar-refractivity contribution in [3.8, 4) is 5.75 Å². The number of aromatic nitrogens is 1. The average molecular weight is 262 g/mol. The second kappa shape index (κ2) is 6.17. The van der Waals surface area contributed by atoms with E-state index < -0.39 is 0 Å². The van der Waals surface area contributed by atoms with Crippen molar-refractivity contribution in [1.82, 2.24) is 4.98 Å². The number of ether oxygens (including phenoxy) is 1.